The van der Waals surface area contributed by atoms with Crippen LogP contribution in [0, 0.1) is 6.92 Å². The van der Waals surface area contributed by atoms with Crippen LogP contribution in [0.3, 0.4) is 0 Å². The van der Waals surface area contributed by atoms with E-state index < -0.39 is 0 Å². The summed E-state index contributed by atoms with van der Waals surface area (Å²) in [5.41, 5.74) is 1.99. The number of nitrogens with zero attached hydrogens (tertiary/aromatic N) is 2. The van der Waals surface area contributed by atoms with Gasteiger partial charge in [0.2, 0.25) is 0 Å². The van der Waals surface area contributed by atoms with Gasteiger partial charge in [-0.2, -0.15) is 0 Å². The number of thiophene rings is 1. The monoisotopic (exact) mass is 415 g/mol. The van der Waals surface area contributed by atoms with Crippen molar-refractivity contribution in [2.45, 2.75) is 32.6 Å². The van der Waals surface area contributed by atoms with Gasteiger partial charge in [-0.25, -0.2) is 14.8 Å². The van der Waals surface area contributed by atoms with Gasteiger partial charge in [-0.15, -0.1) is 11.3 Å². The zero-order chi connectivity index (χ0) is 19.5. The van der Waals surface area contributed by atoms with Crippen LogP contribution in [0.15, 0.2) is 24.3 Å². The third kappa shape index (κ3) is 4.05. The smallest absolute Gasteiger partial charge is 0.319 e. The van der Waals surface area contributed by atoms with Crippen molar-refractivity contribution in [1.82, 2.24) is 15.3 Å². The van der Waals surface area contributed by atoms with Gasteiger partial charge in [-0.3, -0.25) is 0 Å². The van der Waals surface area contributed by atoms with E-state index in [-0.39, 0.29) is 6.03 Å². The van der Waals surface area contributed by atoms with Crippen LogP contribution >= 0.6 is 22.9 Å². The molecule has 0 radical (unpaired) electrons. The summed E-state index contributed by atoms with van der Waals surface area (Å²) >= 11 is 7.85. The normalized spacial score (nSPS) is 13.2. The van der Waals surface area contributed by atoms with Gasteiger partial charge in [0.05, 0.1) is 16.1 Å². The summed E-state index contributed by atoms with van der Waals surface area (Å²) in [6.45, 7) is 2.96. The van der Waals surface area contributed by atoms with Crippen LogP contribution in [0.25, 0.3) is 10.2 Å². The lowest BCUT2D eigenvalue weighted by atomic mass is 9.97. The minimum Gasteiger partial charge on any atom is -0.368 e. The van der Waals surface area contributed by atoms with Crippen molar-refractivity contribution in [1.29, 1.82) is 0 Å². The van der Waals surface area contributed by atoms with E-state index in [0.29, 0.717) is 23.8 Å². The SMILES string of the molecule is Cc1nc(NCCNC(=O)Nc2ccccc2Cl)c2c3c(sc2n1)CCCC3. The summed E-state index contributed by atoms with van der Waals surface area (Å²) in [6.07, 6.45) is 4.70. The number of halogens is 1. The molecular weight excluding hydrogens is 394 g/mol. The average molecular weight is 416 g/mol. The Morgan fingerprint density at radius 3 is 2.86 bits per heavy atom. The molecule has 2 heterocycles. The van der Waals surface area contributed by atoms with E-state index in [1.54, 1.807) is 23.5 Å². The number of carbonyl (C=O) groups excluding carboxylic acids is 1. The highest BCUT2D eigenvalue weighted by atomic mass is 35.5. The zero-order valence-electron chi connectivity index (χ0n) is 15.6. The van der Waals surface area contributed by atoms with Crippen molar-refractivity contribution in [3.05, 3.63) is 45.6 Å². The maximum absolute atomic E-state index is 12.1. The van der Waals surface area contributed by atoms with Crippen LogP contribution in [0.4, 0.5) is 16.3 Å². The second-order valence-corrected chi connectivity index (χ2v) is 8.29. The fraction of sp³-hybridized carbons (Fsp3) is 0.350. The lowest BCUT2D eigenvalue weighted by Gasteiger charge is -2.13. The van der Waals surface area contributed by atoms with Crippen LogP contribution in [0.2, 0.25) is 5.02 Å². The summed E-state index contributed by atoms with van der Waals surface area (Å²) in [4.78, 5) is 23.8. The summed E-state index contributed by atoms with van der Waals surface area (Å²) in [5.74, 6) is 1.63. The molecule has 0 saturated carbocycles. The Morgan fingerprint density at radius 2 is 2.00 bits per heavy atom. The molecule has 8 heteroatoms. The Bertz CT molecular complexity index is 1020. The number of aromatic nitrogens is 2. The molecule has 2 amide bonds. The predicted octanol–water partition coefficient (Wildman–Crippen LogP) is 4.77. The summed E-state index contributed by atoms with van der Waals surface area (Å²) in [5, 5.41) is 10.6. The molecule has 146 valence electrons. The first kappa shape index (κ1) is 19.0. The van der Waals surface area contributed by atoms with Crippen LogP contribution in [0.1, 0.15) is 29.1 Å². The number of hydrogen-bond acceptors (Lipinski definition) is 5. The van der Waals surface area contributed by atoms with Gasteiger partial charge in [-0.1, -0.05) is 23.7 Å². The van der Waals surface area contributed by atoms with Crippen LogP contribution in [0.5, 0.6) is 0 Å². The summed E-state index contributed by atoms with van der Waals surface area (Å²) < 4.78 is 0. The van der Waals surface area contributed by atoms with E-state index in [9.17, 15) is 4.79 Å². The molecule has 1 aliphatic rings. The van der Waals surface area contributed by atoms with Gasteiger partial charge in [-0.05, 0) is 50.3 Å². The predicted molar refractivity (Wildman–Crippen MR) is 116 cm³/mol. The van der Waals surface area contributed by atoms with Crippen molar-refractivity contribution in [2.24, 2.45) is 0 Å². The highest BCUT2D eigenvalue weighted by Gasteiger charge is 2.20. The third-order valence-electron chi connectivity index (χ3n) is 4.75. The lowest BCUT2D eigenvalue weighted by molar-refractivity contribution is 0.252. The van der Waals surface area contributed by atoms with Crippen molar-refractivity contribution in [3.8, 4) is 0 Å². The van der Waals surface area contributed by atoms with E-state index in [1.807, 2.05) is 19.1 Å². The van der Waals surface area contributed by atoms with Crippen LogP contribution in [-0.4, -0.2) is 29.1 Å². The van der Waals surface area contributed by atoms with Gasteiger partial charge < -0.3 is 16.0 Å². The van der Waals surface area contributed by atoms with Gasteiger partial charge in [0, 0.05) is 18.0 Å². The number of amides is 2. The number of anilines is 2. The standard InChI is InChI=1S/C20H22ClN5OS/c1-12-24-18(17-13-6-2-5-9-16(13)28-19(17)25-12)22-10-11-23-20(27)26-15-8-4-3-7-14(15)21/h3-4,7-8H,2,5-6,9-11H2,1H3,(H,22,24,25)(H2,23,26,27). The molecule has 3 aromatic rings. The lowest BCUT2D eigenvalue weighted by Crippen LogP contribution is -2.32. The van der Waals surface area contributed by atoms with Crippen molar-refractivity contribution in [2.75, 3.05) is 23.7 Å². The number of benzene rings is 1. The molecule has 0 bridgehead atoms. The van der Waals surface area contributed by atoms with Gasteiger partial charge in [0.1, 0.15) is 16.5 Å². The molecule has 6 nitrogen and oxygen atoms in total. The van der Waals surface area contributed by atoms with Crippen molar-refractivity contribution < 1.29 is 4.79 Å². The minimum absolute atomic E-state index is 0.285. The fourth-order valence-corrected chi connectivity index (χ4v) is 4.97. The number of nitrogens with one attached hydrogen (secondary N) is 3. The number of para-hydroxylation sites is 1. The molecule has 1 aromatic carbocycles. The highest BCUT2D eigenvalue weighted by Crippen LogP contribution is 2.38. The molecule has 2 aromatic heterocycles. The van der Waals surface area contributed by atoms with E-state index in [1.165, 1.54) is 23.3 Å². The first-order valence-corrected chi connectivity index (χ1v) is 10.6. The molecule has 0 unspecified atom stereocenters. The first-order chi connectivity index (χ1) is 13.6. The van der Waals surface area contributed by atoms with Crippen LogP contribution in [-0.2, 0) is 12.8 Å². The molecule has 0 spiro atoms. The van der Waals surface area contributed by atoms with Gasteiger partial charge >= 0.3 is 6.03 Å². The Morgan fingerprint density at radius 1 is 1.18 bits per heavy atom. The van der Waals surface area contributed by atoms with Gasteiger partial charge in [0.15, 0.2) is 0 Å². The van der Waals surface area contributed by atoms with E-state index in [4.69, 9.17) is 11.6 Å². The highest BCUT2D eigenvalue weighted by molar-refractivity contribution is 7.19. The molecule has 0 saturated heterocycles. The van der Waals surface area contributed by atoms with E-state index in [2.05, 4.69) is 25.9 Å². The average Bonchev–Trinajstić information content (AvgIpc) is 3.05. The maximum atomic E-state index is 12.1. The largest absolute Gasteiger partial charge is 0.368 e. The minimum atomic E-state index is -0.285. The fourth-order valence-electron chi connectivity index (χ4n) is 3.48. The number of rotatable bonds is 5. The number of urea groups is 1. The van der Waals surface area contributed by atoms with Crippen LogP contribution < -0.4 is 16.0 Å². The summed E-state index contributed by atoms with van der Waals surface area (Å²) in [7, 11) is 0. The van der Waals surface area contributed by atoms with E-state index in [0.717, 1.165) is 34.7 Å². The number of aryl methyl sites for hydroxylation is 3. The molecular formula is C20H22ClN5OS. The number of hydrogen-bond donors (Lipinski definition) is 3. The molecule has 3 N–H and O–H groups in total. The molecule has 1 aliphatic carbocycles. The second kappa shape index (κ2) is 8.32. The van der Waals surface area contributed by atoms with Crippen molar-refractivity contribution >= 4 is 50.7 Å². The van der Waals surface area contributed by atoms with Gasteiger partial charge in [0.25, 0.3) is 0 Å². The second-order valence-electron chi connectivity index (χ2n) is 6.80. The third-order valence-corrected chi connectivity index (χ3v) is 6.27. The topological polar surface area (TPSA) is 78.9 Å². The first-order valence-electron chi connectivity index (χ1n) is 9.44. The van der Waals surface area contributed by atoms with Crippen molar-refractivity contribution in [3.63, 3.8) is 0 Å². The Balaban J connectivity index is 1.39. The molecule has 4 rings (SSSR count). The molecule has 28 heavy (non-hydrogen) atoms. The van der Waals surface area contributed by atoms with E-state index >= 15 is 0 Å². The number of fused-ring (bicyclic) bond motifs is 3. The Labute approximate surface area is 172 Å². The molecule has 0 atom stereocenters. The summed E-state index contributed by atoms with van der Waals surface area (Å²) in [6, 6.07) is 6.87. The number of carbonyl (C=O) groups is 1. The Kier molecular flexibility index (Phi) is 5.64. The maximum Gasteiger partial charge on any atom is 0.319 e. The Hall–Kier alpha value is -2.38. The zero-order valence-corrected chi connectivity index (χ0v) is 17.2. The molecule has 0 aliphatic heterocycles. The quantitative estimate of drug-likeness (QED) is 0.524. The molecule has 0 fully saturated rings.